The summed E-state index contributed by atoms with van der Waals surface area (Å²) in [6.07, 6.45) is 7.19. The molecule has 52 heavy (non-hydrogen) atoms. The molecule has 1 amide bonds. The first-order valence-corrected chi connectivity index (χ1v) is 20.4. The number of carboxylic acids is 1. The molecule has 292 valence electrons. The van der Waals surface area contributed by atoms with Crippen LogP contribution in [-0.2, 0) is 23.9 Å². The second kappa shape index (κ2) is 13.2. The van der Waals surface area contributed by atoms with Crippen LogP contribution in [0.1, 0.15) is 133 Å². The predicted octanol–water partition coefficient (Wildman–Crippen LogP) is 6.90. The zero-order chi connectivity index (χ0) is 38.4. The number of carbonyl (C=O) groups excluding carboxylic acids is 3. The summed E-state index contributed by atoms with van der Waals surface area (Å²) in [6, 6.07) is 0. The summed E-state index contributed by atoms with van der Waals surface area (Å²) in [5.41, 5.74) is 0.438. The molecule has 4 saturated carbocycles. The Balaban J connectivity index is 1.27. The zero-order valence-corrected chi connectivity index (χ0v) is 33.9. The molecule has 9 atom stereocenters. The van der Waals surface area contributed by atoms with Crippen LogP contribution in [0.3, 0.4) is 0 Å². The average molecular weight is 725 g/mol. The van der Waals surface area contributed by atoms with E-state index in [1.807, 2.05) is 4.90 Å². The minimum absolute atomic E-state index is 0.0177. The van der Waals surface area contributed by atoms with Gasteiger partial charge in [0, 0.05) is 56.9 Å². The van der Waals surface area contributed by atoms with Crippen LogP contribution in [0.5, 0.6) is 0 Å². The maximum Gasteiger partial charge on any atom is 0.309 e. The predicted molar refractivity (Wildman–Crippen MR) is 200 cm³/mol. The fraction of sp³-hybridized carbons (Fsp3) is 0.860. The lowest BCUT2D eigenvalue weighted by Crippen LogP contribution is -2.66. The number of fused-ring (bicyclic) bond motifs is 7. The number of amides is 1. The molecular weight excluding hydrogens is 656 g/mol. The number of piperazine rings is 1. The van der Waals surface area contributed by atoms with Crippen molar-refractivity contribution in [3.05, 3.63) is 11.1 Å². The van der Waals surface area contributed by atoms with Gasteiger partial charge >= 0.3 is 11.9 Å². The maximum absolute atomic E-state index is 14.1. The number of allylic oxidation sites excluding steroid dienone is 1. The van der Waals surface area contributed by atoms with Crippen molar-refractivity contribution in [2.75, 3.05) is 32.7 Å². The Labute approximate surface area is 312 Å². The Bertz CT molecular complexity index is 1510. The van der Waals surface area contributed by atoms with Crippen LogP contribution in [0.25, 0.3) is 0 Å². The Morgan fingerprint density at radius 2 is 1.54 bits per heavy atom. The third kappa shape index (κ3) is 5.92. The average Bonchev–Trinajstić information content (AvgIpc) is 3.36. The van der Waals surface area contributed by atoms with Crippen molar-refractivity contribution in [3.63, 3.8) is 0 Å². The SMILES string of the molecule is CC(=O)N1CCN(C[C@@H](O)[C@@]23CC[C@]4(C)[C@H](CC[C@@H]5[C@@]6(C)CC[C@H](OC(=O)CC(C)(C)C(=O)O)C(C)(C)[C@@H]6CC[C@]54C)C2=C(C(C)C)C(=O)C3)CC1. The van der Waals surface area contributed by atoms with Crippen molar-refractivity contribution in [3.8, 4) is 0 Å². The third-order valence-corrected chi connectivity index (χ3v) is 16.7. The Kier molecular flexibility index (Phi) is 10.0. The number of Topliss-reactive ketones (excluding diaryl/α,β-unsaturated/α-hetero) is 1. The molecule has 6 rings (SSSR count). The number of aliphatic carboxylic acids is 1. The molecule has 0 spiro atoms. The summed E-state index contributed by atoms with van der Waals surface area (Å²) < 4.78 is 6.16. The second-order valence-electron chi connectivity index (χ2n) is 20.4. The summed E-state index contributed by atoms with van der Waals surface area (Å²) in [5.74, 6) is 0.125. The molecule has 2 N–H and O–H groups in total. The lowest BCUT2D eigenvalue weighted by atomic mass is 9.33. The van der Waals surface area contributed by atoms with E-state index in [9.17, 15) is 29.4 Å². The molecule has 0 unspecified atom stereocenters. The number of ketones is 1. The maximum atomic E-state index is 14.1. The van der Waals surface area contributed by atoms with E-state index in [2.05, 4.69) is 53.4 Å². The standard InChI is InChI=1S/C43H68N2O7/c1-26(2)35-29(47)23-43(32(48)25-44-19-21-45(22-20-44)27(3)46)18-17-41(9)28(36(35)43)11-12-31-40(8)15-14-33(52-34(49)24-38(4,5)37(50)51)39(6,7)30(40)13-16-42(31,41)10/h26,28,30-33,48H,11-25H2,1-10H3,(H,50,51)/t28-,30+,31-,32-,33+,40+,41-,42-,43+/m1/s1. The highest BCUT2D eigenvalue weighted by molar-refractivity contribution is 6.00. The molecule has 5 aliphatic carbocycles. The first-order valence-electron chi connectivity index (χ1n) is 20.4. The molecule has 0 radical (unpaired) electrons. The number of aliphatic hydroxyl groups is 1. The minimum Gasteiger partial charge on any atom is -0.481 e. The van der Waals surface area contributed by atoms with Crippen LogP contribution >= 0.6 is 0 Å². The molecule has 1 aliphatic heterocycles. The highest BCUT2D eigenvalue weighted by Gasteiger charge is 2.71. The molecule has 6 aliphatic rings. The largest absolute Gasteiger partial charge is 0.481 e. The monoisotopic (exact) mass is 725 g/mol. The number of hydrogen-bond donors (Lipinski definition) is 2. The summed E-state index contributed by atoms with van der Waals surface area (Å²) in [6.45, 7) is 24.6. The van der Waals surface area contributed by atoms with Crippen LogP contribution in [0, 0.1) is 56.2 Å². The van der Waals surface area contributed by atoms with Gasteiger partial charge in [0.1, 0.15) is 6.10 Å². The zero-order valence-electron chi connectivity index (χ0n) is 33.9. The van der Waals surface area contributed by atoms with E-state index >= 15 is 0 Å². The van der Waals surface area contributed by atoms with Crippen molar-refractivity contribution in [2.45, 2.75) is 146 Å². The topological polar surface area (TPSA) is 124 Å². The molecule has 0 aromatic carbocycles. The van der Waals surface area contributed by atoms with Crippen molar-refractivity contribution >= 4 is 23.6 Å². The minimum atomic E-state index is -1.17. The van der Waals surface area contributed by atoms with Gasteiger partial charge in [0.15, 0.2) is 5.78 Å². The smallest absolute Gasteiger partial charge is 0.309 e. The summed E-state index contributed by atoms with van der Waals surface area (Å²) in [4.78, 5) is 55.1. The number of aliphatic hydroxyl groups excluding tert-OH is 1. The first kappa shape index (κ1) is 39.4. The number of carboxylic acid groups (broad SMARTS) is 1. The van der Waals surface area contributed by atoms with Gasteiger partial charge in [-0.15, -0.1) is 0 Å². The van der Waals surface area contributed by atoms with E-state index in [-0.39, 0.29) is 57.7 Å². The van der Waals surface area contributed by atoms with Crippen LogP contribution in [0.15, 0.2) is 11.1 Å². The molecule has 1 saturated heterocycles. The van der Waals surface area contributed by atoms with E-state index in [1.54, 1.807) is 20.8 Å². The van der Waals surface area contributed by atoms with Crippen molar-refractivity contribution < 1.29 is 34.1 Å². The summed E-state index contributed by atoms with van der Waals surface area (Å²) in [7, 11) is 0. The van der Waals surface area contributed by atoms with Crippen LogP contribution in [-0.4, -0.2) is 88.6 Å². The van der Waals surface area contributed by atoms with Crippen molar-refractivity contribution in [1.29, 1.82) is 0 Å². The number of rotatable bonds is 8. The van der Waals surface area contributed by atoms with Gasteiger partial charge in [-0.05, 0) is 111 Å². The third-order valence-electron chi connectivity index (χ3n) is 16.7. The highest BCUT2D eigenvalue weighted by Crippen LogP contribution is 2.77. The van der Waals surface area contributed by atoms with Gasteiger partial charge in [-0.2, -0.15) is 0 Å². The Hall–Kier alpha value is -2.26. The second-order valence-corrected chi connectivity index (χ2v) is 20.4. The van der Waals surface area contributed by atoms with E-state index in [1.165, 1.54) is 5.57 Å². The number of β-amino-alcohol motifs (C(OH)–C–C–N with tert-alkyl or cyclic N) is 1. The molecule has 0 aromatic heterocycles. The van der Waals surface area contributed by atoms with E-state index in [0.717, 1.165) is 70.0 Å². The molecule has 0 bridgehead atoms. The first-order chi connectivity index (χ1) is 24.0. The van der Waals surface area contributed by atoms with Gasteiger partial charge in [-0.3, -0.25) is 24.1 Å². The lowest BCUT2D eigenvalue weighted by molar-refractivity contribution is -0.235. The lowest BCUT2D eigenvalue weighted by Gasteiger charge is -2.72. The van der Waals surface area contributed by atoms with Gasteiger partial charge in [-0.25, -0.2) is 0 Å². The van der Waals surface area contributed by atoms with Crippen LogP contribution in [0.2, 0.25) is 0 Å². The van der Waals surface area contributed by atoms with Gasteiger partial charge < -0.3 is 19.8 Å². The molecule has 5 fully saturated rings. The number of hydrogen-bond acceptors (Lipinski definition) is 7. The van der Waals surface area contributed by atoms with Crippen molar-refractivity contribution in [2.24, 2.45) is 56.2 Å². The van der Waals surface area contributed by atoms with Gasteiger partial charge in [-0.1, -0.05) is 54.0 Å². The molecule has 1 heterocycles. The number of esters is 1. The molecule has 9 heteroatoms. The normalized spacial score (nSPS) is 39.7. The Morgan fingerprint density at radius 3 is 2.13 bits per heavy atom. The fourth-order valence-electron chi connectivity index (χ4n) is 13.6. The molecule has 9 nitrogen and oxygen atoms in total. The van der Waals surface area contributed by atoms with Crippen LogP contribution < -0.4 is 0 Å². The highest BCUT2D eigenvalue weighted by atomic mass is 16.5. The van der Waals surface area contributed by atoms with Gasteiger partial charge in [0.2, 0.25) is 5.91 Å². The van der Waals surface area contributed by atoms with Crippen LogP contribution in [0.4, 0.5) is 0 Å². The van der Waals surface area contributed by atoms with Crippen molar-refractivity contribution in [1.82, 2.24) is 9.80 Å². The molecular formula is C43H68N2O7. The van der Waals surface area contributed by atoms with E-state index in [4.69, 9.17) is 4.74 Å². The fourth-order valence-corrected chi connectivity index (χ4v) is 13.6. The number of ether oxygens (including phenoxy) is 1. The summed E-state index contributed by atoms with van der Waals surface area (Å²) in [5, 5.41) is 21.9. The van der Waals surface area contributed by atoms with Gasteiger partial charge in [0.05, 0.1) is 17.9 Å². The van der Waals surface area contributed by atoms with E-state index in [0.29, 0.717) is 37.9 Å². The number of nitrogens with zero attached hydrogens (tertiary/aromatic N) is 2. The van der Waals surface area contributed by atoms with Gasteiger partial charge in [0.25, 0.3) is 0 Å². The van der Waals surface area contributed by atoms with E-state index < -0.39 is 28.9 Å². The Morgan fingerprint density at radius 1 is 0.885 bits per heavy atom. The molecule has 0 aromatic rings. The summed E-state index contributed by atoms with van der Waals surface area (Å²) >= 11 is 0. The quantitative estimate of drug-likeness (QED) is 0.259. The number of carbonyl (C=O) groups is 4.